The van der Waals surface area contributed by atoms with Crippen molar-refractivity contribution in [2.75, 3.05) is 0 Å². The van der Waals surface area contributed by atoms with Crippen LogP contribution >= 0.6 is 0 Å². The van der Waals surface area contributed by atoms with Crippen LogP contribution in [0, 0.1) is 20.8 Å². The summed E-state index contributed by atoms with van der Waals surface area (Å²) >= 11 is 0. The molecule has 4 aromatic rings. The molecule has 0 amide bonds. The number of para-hydroxylation sites is 1. The van der Waals surface area contributed by atoms with Gasteiger partial charge in [0.15, 0.2) is 5.65 Å². The van der Waals surface area contributed by atoms with E-state index in [0.717, 1.165) is 45.3 Å². The highest BCUT2D eigenvalue weighted by Gasteiger charge is 2.19. The summed E-state index contributed by atoms with van der Waals surface area (Å²) in [4.78, 5) is 8.22. The number of nitrogens with zero attached hydrogens (tertiary/aromatic N) is 5. The second-order valence-corrected chi connectivity index (χ2v) is 5.79. The second-order valence-electron chi connectivity index (χ2n) is 5.79. The number of hydrogen-bond donors (Lipinski definition) is 1. The molecule has 0 aliphatic rings. The summed E-state index contributed by atoms with van der Waals surface area (Å²) in [6.07, 6.45) is 0. The molecule has 23 heavy (non-hydrogen) atoms. The molecule has 0 unspecified atom stereocenters. The van der Waals surface area contributed by atoms with Gasteiger partial charge in [-0.05, 0) is 32.9 Å². The van der Waals surface area contributed by atoms with Gasteiger partial charge in [0.05, 0.1) is 22.6 Å². The molecule has 0 radical (unpaired) electrons. The zero-order chi connectivity index (χ0) is 16.1. The Labute approximate surface area is 133 Å². The SMILES string of the molecule is Cc1nn(C)c(C)c1-c1nc2c([nH]1)c(C)nn2-c1ccccc1. The highest BCUT2D eigenvalue weighted by atomic mass is 15.3. The highest BCUT2D eigenvalue weighted by Crippen LogP contribution is 2.28. The summed E-state index contributed by atoms with van der Waals surface area (Å²) in [5, 5.41) is 9.09. The maximum atomic E-state index is 4.81. The first kappa shape index (κ1) is 13.8. The summed E-state index contributed by atoms with van der Waals surface area (Å²) in [6.45, 7) is 6.05. The molecule has 0 saturated heterocycles. The first-order chi connectivity index (χ1) is 11.1. The molecule has 6 heteroatoms. The van der Waals surface area contributed by atoms with E-state index in [2.05, 4.69) is 22.1 Å². The molecule has 1 N–H and O–H groups in total. The first-order valence-corrected chi connectivity index (χ1v) is 7.57. The largest absolute Gasteiger partial charge is 0.335 e. The molecule has 0 spiro atoms. The fourth-order valence-electron chi connectivity index (χ4n) is 3.00. The molecule has 0 atom stereocenters. The van der Waals surface area contributed by atoms with Crippen molar-refractivity contribution in [1.29, 1.82) is 0 Å². The average Bonchev–Trinajstić information content (AvgIpc) is 3.16. The minimum atomic E-state index is 0.839. The van der Waals surface area contributed by atoms with E-state index in [9.17, 15) is 0 Å². The van der Waals surface area contributed by atoms with Crippen molar-refractivity contribution in [2.24, 2.45) is 7.05 Å². The lowest BCUT2D eigenvalue weighted by Gasteiger charge is -2.01. The van der Waals surface area contributed by atoms with Gasteiger partial charge in [-0.15, -0.1) is 0 Å². The number of aromatic amines is 1. The van der Waals surface area contributed by atoms with E-state index in [0.29, 0.717) is 0 Å². The Balaban J connectivity index is 1.96. The van der Waals surface area contributed by atoms with Gasteiger partial charge in [-0.2, -0.15) is 10.2 Å². The van der Waals surface area contributed by atoms with E-state index in [4.69, 9.17) is 4.98 Å². The Morgan fingerprint density at radius 1 is 0.957 bits per heavy atom. The van der Waals surface area contributed by atoms with Crippen molar-refractivity contribution in [2.45, 2.75) is 20.8 Å². The Bertz CT molecular complexity index is 1000. The zero-order valence-corrected chi connectivity index (χ0v) is 13.6. The maximum Gasteiger partial charge on any atom is 0.181 e. The van der Waals surface area contributed by atoms with Crippen LogP contribution in [0.4, 0.5) is 0 Å². The van der Waals surface area contributed by atoms with Gasteiger partial charge < -0.3 is 4.98 Å². The number of aromatic nitrogens is 6. The van der Waals surface area contributed by atoms with Crippen molar-refractivity contribution in [3.63, 3.8) is 0 Å². The van der Waals surface area contributed by atoms with Gasteiger partial charge in [0, 0.05) is 12.7 Å². The number of rotatable bonds is 2. The number of H-pyrrole nitrogens is 1. The first-order valence-electron chi connectivity index (χ1n) is 7.57. The molecule has 0 aliphatic heterocycles. The molecular weight excluding hydrogens is 288 g/mol. The smallest absolute Gasteiger partial charge is 0.181 e. The van der Waals surface area contributed by atoms with Crippen molar-refractivity contribution in [3.8, 4) is 17.1 Å². The van der Waals surface area contributed by atoms with Crippen molar-refractivity contribution >= 4 is 11.2 Å². The van der Waals surface area contributed by atoms with Gasteiger partial charge >= 0.3 is 0 Å². The summed E-state index contributed by atoms with van der Waals surface area (Å²) < 4.78 is 3.76. The summed E-state index contributed by atoms with van der Waals surface area (Å²) in [6, 6.07) is 10.1. The van der Waals surface area contributed by atoms with E-state index < -0.39 is 0 Å². The standard InChI is InChI=1S/C17H18N6/c1-10-14(12(3)22(4)20-10)16-18-15-11(2)21-23(17(15)19-16)13-8-6-5-7-9-13/h5-9H,1-4H3,(H,18,19). The minimum absolute atomic E-state index is 0.839. The summed E-state index contributed by atoms with van der Waals surface area (Å²) in [5.41, 5.74) is 6.86. The average molecular weight is 306 g/mol. The molecule has 0 bridgehead atoms. The predicted molar refractivity (Wildman–Crippen MR) is 89.6 cm³/mol. The van der Waals surface area contributed by atoms with Gasteiger partial charge in [-0.1, -0.05) is 18.2 Å². The lowest BCUT2D eigenvalue weighted by molar-refractivity contribution is 0.731. The Kier molecular flexibility index (Phi) is 2.87. The van der Waals surface area contributed by atoms with Crippen LogP contribution in [0.1, 0.15) is 17.1 Å². The van der Waals surface area contributed by atoms with Crippen molar-refractivity contribution in [1.82, 2.24) is 29.5 Å². The summed E-state index contributed by atoms with van der Waals surface area (Å²) in [7, 11) is 1.95. The molecule has 0 aliphatic carbocycles. The van der Waals surface area contributed by atoms with Gasteiger partial charge in [-0.25, -0.2) is 9.67 Å². The third kappa shape index (κ3) is 1.98. The van der Waals surface area contributed by atoms with Crippen molar-refractivity contribution < 1.29 is 0 Å². The molecule has 3 aromatic heterocycles. The molecule has 6 nitrogen and oxygen atoms in total. The number of benzene rings is 1. The van der Waals surface area contributed by atoms with E-state index in [1.54, 1.807) is 0 Å². The van der Waals surface area contributed by atoms with Crippen LogP contribution in [0.3, 0.4) is 0 Å². The van der Waals surface area contributed by atoms with Crippen LogP contribution in [0.15, 0.2) is 30.3 Å². The van der Waals surface area contributed by atoms with Crippen LogP contribution in [-0.2, 0) is 7.05 Å². The van der Waals surface area contributed by atoms with Gasteiger partial charge in [0.25, 0.3) is 0 Å². The third-order valence-corrected chi connectivity index (χ3v) is 4.24. The molecule has 3 heterocycles. The Morgan fingerprint density at radius 3 is 2.35 bits per heavy atom. The van der Waals surface area contributed by atoms with Crippen molar-refractivity contribution in [3.05, 3.63) is 47.4 Å². The number of hydrogen-bond acceptors (Lipinski definition) is 3. The number of aryl methyl sites for hydroxylation is 3. The third-order valence-electron chi connectivity index (χ3n) is 4.24. The summed E-state index contributed by atoms with van der Waals surface area (Å²) in [5.74, 6) is 0.841. The Hall–Kier alpha value is -2.89. The molecule has 0 saturated carbocycles. The van der Waals surface area contributed by atoms with E-state index >= 15 is 0 Å². The molecule has 1 aromatic carbocycles. The molecule has 0 fully saturated rings. The fraction of sp³-hybridized carbons (Fsp3) is 0.235. The van der Waals surface area contributed by atoms with Gasteiger partial charge in [-0.3, -0.25) is 4.68 Å². The van der Waals surface area contributed by atoms with Crippen LogP contribution in [0.2, 0.25) is 0 Å². The minimum Gasteiger partial charge on any atom is -0.335 e. The molecule has 116 valence electrons. The lowest BCUT2D eigenvalue weighted by atomic mass is 10.2. The van der Waals surface area contributed by atoms with E-state index in [1.807, 2.05) is 60.6 Å². The van der Waals surface area contributed by atoms with Crippen LogP contribution < -0.4 is 0 Å². The van der Waals surface area contributed by atoms with Crippen LogP contribution in [0.5, 0.6) is 0 Å². The zero-order valence-electron chi connectivity index (χ0n) is 13.6. The van der Waals surface area contributed by atoms with E-state index in [1.165, 1.54) is 0 Å². The van der Waals surface area contributed by atoms with Crippen LogP contribution in [-0.4, -0.2) is 29.5 Å². The normalized spacial score (nSPS) is 11.5. The molecule has 4 rings (SSSR count). The number of nitrogens with one attached hydrogen (secondary N) is 1. The quantitative estimate of drug-likeness (QED) is 0.619. The van der Waals surface area contributed by atoms with Gasteiger partial charge in [0.2, 0.25) is 0 Å². The lowest BCUT2D eigenvalue weighted by Crippen LogP contribution is -1.97. The topological polar surface area (TPSA) is 64.3 Å². The monoisotopic (exact) mass is 306 g/mol. The fourth-order valence-corrected chi connectivity index (χ4v) is 3.00. The molecular formula is C17H18N6. The van der Waals surface area contributed by atoms with E-state index in [-0.39, 0.29) is 0 Å². The predicted octanol–water partition coefficient (Wildman–Crippen LogP) is 3.07. The number of fused-ring (bicyclic) bond motifs is 1. The maximum absolute atomic E-state index is 4.81. The Morgan fingerprint density at radius 2 is 1.70 bits per heavy atom. The number of imidazole rings is 1. The second kappa shape index (κ2) is 4.81. The van der Waals surface area contributed by atoms with Crippen LogP contribution in [0.25, 0.3) is 28.2 Å². The highest BCUT2D eigenvalue weighted by molar-refractivity contribution is 5.81. The van der Waals surface area contributed by atoms with Gasteiger partial charge in [0.1, 0.15) is 11.3 Å².